The Balaban J connectivity index is 2.88. The number of anilines is 1. The SMILES string of the molecule is COC(=O)c1ccc(Cl)cc1NC(=O)CCCCl. The zero-order chi connectivity index (χ0) is 13.5. The average molecular weight is 290 g/mol. The normalized spacial score (nSPS) is 9.94. The maximum Gasteiger partial charge on any atom is 0.339 e. The van der Waals surface area contributed by atoms with Crippen molar-refractivity contribution < 1.29 is 14.3 Å². The van der Waals surface area contributed by atoms with Crippen LogP contribution in [0, 0.1) is 0 Å². The lowest BCUT2D eigenvalue weighted by atomic mass is 10.1. The molecule has 0 heterocycles. The first-order valence-corrected chi connectivity index (χ1v) is 6.23. The van der Waals surface area contributed by atoms with Gasteiger partial charge in [-0.1, -0.05) is 11.6 Å². The van der Waals surface area contributed by atoms with Gasteiger partial charge in [0, 0.05) is 17.3 Å². The van der Waals surface area contributed by atoms with Gasteiger partial charge in [0.2, 0.25) is 5.91 Å². The second-order valence-electron chi connectivity index (χ2n) is 3.52. The maximum absolute atomic E-state index is 11.6. The number of ether oxygens (including phenoxy) is 1. The summed E-state index contributed by atoms with van der Waals surface area (Å²) < 4.78 is 4.63. The van der Waals surface area contributed by atoms with Crippen molar-refractivity contribution in [3.63, 3.8) is 0 Å². The third kappa shape index (κ3) is 4.20. The minimum Gasteiger partial charge on any atom is -0.465 e. The van der Waals surface area contributed by atoms with E-state index in [-0.39, 0.29) is 17.9 Å². The molecular formula is C12H13Cl2NO3. The van der Waals surface area contributed by atoms with E-state index in [0.717, 1.165) is 0 Å². The summed E-state index contributed by atoms with van der Waals surface area (Å²) >= 11 is 11.3. The lowest BCUT2D eigenvalue weighted by molar-refractivity contribution is -0.116. The van der Waals surface area contributed by atoms with Crippen molar-refractivity contribution in [2.24, 2.45) is 0 Å². The highest BCUT2D eigenvalue weighted by Crippen LogP contribution is 2.22. The monoisotopic (exact) mass is 289 g/mol. The summed E-state index contributed by atoms with van der Waals surface area (Å²) in [5.41, 5.74) is 0.607. The molecule has 0 saturated carbocycles. The first-order valence-electron chi connectivity index (χ1n) is 5.32. The number of halogens is 2. The fourth-order valence-electron chi connectivity index (χ4n) is 1.35. The number of rotatable bonds is 5. The molecule has 98 valence electrons. The van der Waals surface area contributed by atoms with E-state index in [4.69, 9.17) is 23.2 Å². The highest BCUT2D eigenvalue weighted by Gasteiger charge is 2.14. The van der Waals surface area contributed by atoms with E-state index in [1.165, 1.54) is 19.2 Å². The number of esters is 1. The molecule has 1 aromatic carbocycles. The number of methoxy groups -OCH3 is 1. The summed E-state index contributed by atoms with van der Waals surface area (Å²) in [4.78, 5) is 23.1. The molecular weight excluding hydrogens is 277 g/mol. The Hall–Kier alpha value is -1.26. The van der Waals surface area contributed by atoms with Crippen molar-refractivity contribution >= 4 is 40.8 Å². The summed E-state index contributed by atoms with van der Waals surface area (Å²) in [5.74, 6) is -0.338. The van der Waals surface area contributed by atoms with E-state index in [1.54, 1.807) is 6.07 Å². The van der Waals surface area contributed by atoms with E-state index < -0.39 is 5.97 Å². The fourth-order valence-corrected chi connectivity index (χ4v) is 1.65. The molecule has 0 unspecified atom stereocenters. The van der Waals surface area contributed by atoms with Crippen molar-refractivity contribution in [1.29, 1.82) is 0 Å². The quantitative estimate of drug-likeness (QED) is 0.669. The van der Waals surface area contributed by atoms with Crippen LogP contribution < -0.4 is 5.32 Å². The molecule has 4 nitrogen and oxygen atoms in total. The van der Waals surface area contributed by atoms with Crippen LogP contribution in [0.4, 0.5) is 5.69 Å². The van der Waals surface area contributed by atoms with Gasteiger partial charge in [-0.25, -0.2) is 4.79 Å². The molecule has 0 saturated heterocycles. The molecule has 0 aliphatic rings. The number of alkyl halides is 1. The summed E-state index contributed by atoms with van der Waals surface area (Å²) in [5, 5.41) is 3.04. The first kappa shape index (κ1) is 14.8. The van der Waals surface area contributed by atoms with E-state index in [1.807, 2.05) is 0 Å². The fraction of sp³-hybridized carbons (Fsp3) is 0.333. The van der Waals surface area contributed by atoms with Gasteiger partial charge in [-0.2, -0.15) is 0 Å². The van der Waals surface area contributed by atoms with Gasteiger partial charge in [0.25, 0.3) is 0 Å². The first-order chi connectivity index (χ1) is 8.58. The Morgan fingerprint density at radius 3 is 2.72 bits per heavy atom. The van der Waals surface area contributed by atoms with Gasteiger partial charge in [0.1, 0.15) is 0 Å². The zero-order valence-corrected chi connectivity index (χ0v) is 11.3. The van der Waals surface area contributed by atoms with Crippen molar-refractivity contribution in [1.82, 2.24) is 0 Å². The predicted octanol–water partition coefficient (Wildman–Crippen LogP) is 3.08. The highest BCUT2D eigenvalue weighted by atomic mass is 35.5. The Morgan fingerprint density at radius 2 is 2.11 bits per heavy atom. The molecule has 1 rings (SSSR count). The minimum atomic E-state index is -0.528. The zero-order valence-electron chi connectivity index (χ0n) is 9.83. The van der Waals surface area contributed by atoms with Crippen LogP contribution in [-0.4, -0.2) is 24.9 Å². The molecule has 0 aliphatic heterocycles. The Labute approximate surface area is 115 Å². The molecule has 1 aromatic rings. The van der Waals surface area contributed by atoms with E-state index in [9.17, 15) is 9.59 Å². The van der Waals surface area contributed by atoms with Gasteiger partial charge >= 0.3 is 5.97 Å². The number of nitrogens with one attached hydrogen (secondary N) is 1. The standard InChI is InChI=1S/C12H13Cl2NO3/c1-18-12(17)9-5-4-8(14)7-10(9)15-11(16)3-2-6-13/h4-5,7H,2-3,6H2,1H3,(H,15,16). The van der Waals surface area contributed by atoms with Crippen LogP contribution in [0.15, 0.2) is 18.2 Å². The number of carbonyl (C=O) groups excluding carboxylic acids is 2. The number of amides is 1. The van der Waals surface area contributed by atoms with Crippen LogP contribution >= 0.6 is 23.2 Å². The molecule has 0 bridgehead atoms. The molecule has 0 aliphatic carbocycles. The predicted molar refractivity (Wildman–Crippen MR) is 71.4 cm³/mol. The average Bonchev–Trinajstić information content (AvgIpc) is 2.35. The summed E-state index contributed by atoms with van der Waals surface area (Å²) in [7, 11) is 1.27. The van der Waals surface area contributed by atoms with Crippen LogP contribution in [0.25, 0.3) is 0 Å². The van der Waals surface area contributed by atoms with Gasteiger partial charge < -0.3 is 10.1 Å². The minimum absolute atomic E-state index is 0.219. The van der Waals surface area contributed by atoms with E-state index in [2.05, 4.69) is 10.1 Å². The molecule has 6 heteroatoms. The van der Waals surface area contributed by atoms with Crippen LogP contribution in [0.3, 0.4) is 0 Å². The van der Waals surface area contributed by atoms with Gasteiger partial charge in [0.15, 0.2) is 0 Å². The lowest BCUT2D eigenvalue weighted by Crippen LogP contribution is -2.15. The Bertz CT molecular complexity index is 449. The second-order valence-corrected chi connectivity index (χ2v) is 4.34. The van der Waals surface area contributed by atoms with Gasteiger partial charge in [0.05, 0.1) is 18.4 Å². The van der Waals surface area contributed by atoms with Gasteiger partial charge in [-0.15, -0.1) is 11.6 Å². The maximum atomic E-state index is 11.6. The van der Waals surface area contributed by atoms with Gasteiger partial charge in [-0.3, -0.25) is 4.79 Å². The van der Waals surface area contributed by atoms with Crippen molar-refractivity contribution in [3.05, 3.63) is 28.8 Å². The molecule has 0 fully saturated rings. The number of carbonyl (C=O) groups is 2. The lowest BCUT2D eigenvalue weighted by Gasteiger charge is -2.09. The third-order valence-corrected chi connectivity index (χ3v) is 2.70. The van der Waals surface area contributed by atoms with E-state index in [0.29, 0.717) is 23.0 Å². The molecule has 18 heavy (non-hydrogen) atoms. The topological polar surface area (TPSA) is 55.4 Å². The highest BCUT2D eigenvalue weighted by molar-refractivity contribution is 6.31. The number of hydrogen-bond donors (Lipinski definition) is 1. The smallest absolute Gasteiger partial charge is 0.339 e. The molecule has 0 spiro atoms. The van der Waals surface area contributed by atoms with Crippen molar-refractivity contribution in [3.8, 4) is 0 Å². The largest absolute Gasteiger partial charge is 0.465 e. The molecule has 1 N–H and O–H groups in total. The molecule has 1 amide bonds. The van der Waals surface area contributed by atoms with Crippen LogP contribution in [-0.2, 0) is 9.53 Å². The van der Waals surface area contributed by atoms with Crippen molar-refractivity contribution in [2.45, 2.75) is 12.8 Å². The molecule has 0 aromatic heterocycles. The molecule has 0 radical (unpaired) electrons. The summed E-state index contributed by atoms with van der Waals surface area (Å²) in [6.45, 7) is 0. The summed E-state index contributed by atoms with van der Waals surface area (Å²) in [6, 6.07) is 4.57. The Kier molecular flexibility index (Phi) is 5.95. The number of hydrogen-bond acceptors (Lipinski definition) is 3. The second kappa shape index (κ2) is 7.24. The van der Waals surface area contributed by atoms with E-state index >= 15 is 0 Å². The van der Waals surface area contributed by atoms with Crippen LogP contribution in [0.2, 0.25) is 5.02 Å². The number of benzene rings is 1. The third-order valence-electron chi connectivity index (χ3n) is 2.20. The summed E-state index contributed by atoms with van der Waals surface area (Å²) in [6.07, 6.45) is 0.859. The van der Waals surface area contributed by atoms with Gasteiger partial charge in [-0.05, 0) is 24.6 Å². The van der Waals surface area contributed by atoms with Crippen LogP contribution in [0.5, 0.6) is 0 Å². The van der Waals surface area contributed by atoms with Crippen molar-refractivity contribution in [2.75, 3.05) is 18.3 Å². The Morgan fingerprint density at radius 1 is 1.39 bits per heavy atom. The van der Waals surface area contributed by atoms with Crippen LogP contribution in [0.1, 0.15) is 23.2 Å². The molecule has 0 atom stereocenters.